The highest BCUT2D eigenvalue weighted by atomic mass is 35.5. The standard InChI is InChI=1S/C21H12Cl6N4O2/c22-10-5-9(6-11(23)7-10)17-18(21(17,26)27)20(33)28-12-1-2-14(24)13(8-12)19(32)29-16-4-3-15(25)30-31-16/h1-8,17-18H,(H,28,33)(H,29,31,32)/t17-,18+/m1/s1. The molecule has 2 amide bonds. The van der Waals surface area contributed by atoms with Gasteiger partial charge in [0.25, 0.3) is 5.91 Å². The number of anilines is 2. The molecule has 33 heavy (non-hydrogen) atoms. The minimum atomic E-state index is -1.34. The van der Waals surface area contributed by atoms with Crippen LogP contribution < -0.4 is 10.6 Å². The van der Waals surface area contributed by atoms with E-state index in [-0.39, 0.29) is 21.6 Å². The number of carbonyl (C=O) groups excluding carboxylic acids is 2. The van der Waals surface area contributed by atoms with Gasteiger partial charge in [-0.2, -0.15) is 0 Å². The summed E-state index contributed by atoms with van der Waals surface area (Å²) in [7, 11) is 0. The van der Waals surface area contributed by atoms with Crippen LogP contribution in [0.3, 0.4) is 0 Å². The maximum absolute atomic E-state index is 12.9. The highest BCUT2D eigenvalue weighted by Gasteiger charge is 2.67. The maximum atomic E-state index is 12.9. The number of nitrogens with one attached hydrogen (secondary N) is 2. The van der Waals surface area contributed by atoms with E-state index in [0.717, 1.165) is 0 Å². The van der Waals surface area contributed by atoms with Gasteiger partial charge >= 0.3 is 0 Å². The number of benzene rings is 2. The van der Waals surface area contributed by atoms with Gasteiger partial charge in [-0.1, -0.05) is 46.4 Å². The van der Waals surface area contributed by atoms with Crippen molar-refractivity contribution in [2.75, 3.05) is 10.6 Å². The summed E-state index contributed by atoms with van der Waals surface area (Å²) in [6.45, 7) is 0. The number of halogens is 6. The predicted molar refractivity (Wildman–Crippen MR) is 132 cm³/mol. The van der Waals surface area contributed by atoms with Crippen molar-refractivity contribution in [2.24, 2.45) is 5.92 Å². The van der Waals surface area contributed by atoms with Gasteiger partial charge in [-0.05, 0) is 54.1 Å². The fourth-order valence-corrected chi connectivity index (χ4v) is 5.06. The molecule has 1 heterocycles. The monoisotopic (exact) mass is 562 g/mol. The van der Waals surface area contributed by atoms with Crippen LogP contribution in [0.25, 0.3) is 0 Å². The third kappa shape index (κ3) is 5.32. The lowest BCUT2D eigenvalue weighted by atomic mass is 10.1. The van der Waals surface area contributed by atoms with E-state index in [4.69, 9.17) is 69.6 Å². The molecule has 1 fully saturated rings. The molecule has 0 saturated heterocycles. The molecule has 1 aromatic heterocycles. The molecule has 3 aromatic rings. The largest absolute Gasteiger partial charge is 0.326 e. The van der Waals surface area contributed by atoms with Gasteiger partial charge in [0.2, 0.25) is 5.91 Å². The van der Waals surface area contributed by atoms with Gasteiger partial charge in [0, 0.05) is 21.7 Å². The van der Waals surface area contributed by atoms with E-state index >= 15 is 0 Å². The van der Waals surface area contributed by atoms with E-state index in [9.17, 15) is 9.59 Å². The van der Waals surface area contributed by atoms with Crippen LogP contribution in [-0.4, -0.2) is 26.3 Å². The van der Waals surface area contributed by atoms with Gasteiger partial charge in [0.05, 0.1) is 16.5 Å². The normalized spacial score (nSPS) is 18.5. The van der Waals surface area contributed by atoms with Crippen molar-refractivity contribution in [1.29, 1.82) is 0 Å². The molecule has 2 N–H and O–H groups in total. The third-order valence-electron chi connectivity index (χ3n) is 4.93. The molecular weight excluding hydrogens is 553 g/mol. The molecule has 0 spiro atoms. The van der Waals surface area contributed by atoms with Crippen LogP contribution in [0.4, 0.5) is 11.5 Å². The Labute approximate surface area is 218 Å². The Morgan fingerprint density at radius 1 is 0.848 bits per heavy atom. The first kappa shape index (κ1) is 24.3. The van der Waals surface area contributed by atoms with Crippen LogP contribution in [0.5, 0.6) is 0 Å². The van der Waals surface area contributed by atoms with Crippen molar-refractivity contribution in [2.45, 2.75) is 10.3 Å². The van der Waals surface area contributed by atoms with Crippen LogP contribution in [0.15, 0.2) is 48.5 Å². The van der Waals surface area contributed by atoms with E-state index < -0.39 is 28.0 Å². The van der Waals surface area contributed by atoms with Gasteiger partial charge < -0.3 is 10.6 Å². The molecule has 6 nitrogen and oxygen atoms in total. The van der Waals surface area contributed by atoms with Crippen molar-refractivity contribution in [3.63, 3.8) is 0 Å². The van der Waals surface area contributed by atoms with Crippen molar-refractivity contribution < 1.29 is 9.59 Å². The molecule has 0 unspecified atom stereocenters. The summed E-state index contributed by atoms with van der Waals surface area (Å²) in [4.78, 5) is 25.6. The Hall–Kier alpha value is -1.80. The zero-order valence-electron chi connectivity index (χ0n) is 16.3. The summed E-state index contributed by atoms with van der Waals surface area (Å²) in [5.41, 5.74) is 1.09. The second-order valence-corrected chi connectivity index (χ2v) is 10.3. The molecule has 1 aliphatic carbocycles. The summed E-state index contributed by atoms with van der Waals surface area (Å²) in [5.74, 6) is -2.05. The van der Waals surface area contributed by atoms with E-state index in [1.165, 1.54) is 24.3 Å². The van der Waals surface area contributed by atoms with Crippen molar-refractivity contribution in [1.82, 2.24) is 10.2 Å². The minimum absolute atomic E-state index is 0.114. The first-order valence-corrected chi connectivity index (χ1v) is 11.6. The molecule has 1 aliphatic rings. The summed E-state index contributed by atoms with van der Waals surface area (Å²) in [6.07, 6.45) is 0. The first-order chi connectivity index (χ1) is 15.6. The second kappa shape index (κ2) is 9.45. The zero-order chi connectivity index (χ0) is 23.9. The van der Waals surface area contributed by atoms with Gasteiger partial charge in [0.15, 0.2) is 11.0 Å². The van der Waals surface area contributed by atoms with E-state index in [1.807, 2.05) is 0 Å². The molecule has 0 radical (unpaired) electrons. The Kier molecular flexibility index (Phi) is 6.97. The fourth-order valence-electron chi connectivity index (χ4n) is 3.39. The number of amides is 2. The van der Waals surface area contributed by atoms with Gasteiger partial charge in [-0.25, -0.2) is 0 Å². The number of aromatic nitrogens is 2. The summed E-state index contributed by atoms with van der Waals surface area (Å²) in [5, 5.41) is 13.9. The van der Waals surface area contributed by atoms with Gasteiger partial charge in [0.1, 0.15) is 4.33 Å². The molecule has 2 aromatic carbocycles. The Morgan fingerprint density at radius 2 is 1.55 bits per heavy atom. The Bertz CT molecular complexity index is 1230. The Morgan fingerprint density at radius 3 is 2.18 bits per heavy atom. The van der Waals surface area contributed by atoms with E-state index in [0.29, 0.717) is 21.3 Å². The number of hydrogen-bond donors (Lipinski definition) is 2. The molecule has 0 aliphatic heterocycles. The zero-order valence-corrected chi connectivity index (χ0v) is 20.8. The summed E-state index contributed by atoms with van der Waals surface area (Å²) < 4.78 is -1.34. The Balaban J connectivity index is 1.50. The molecule has 170 valence electrons. The van der Waals surface area contributed by atoms with Crippen molar-refractivity contribution in [3.05, 3.63) is 79.9 Å². The first-order valence-electron chi connectivity index (χ1n) is 9.31. The lowest BCUT2D eigenvalue weighted by Gasteiger charge is -2.10. The molecule has 1 saturated carbocycles. The van der Waals surface area contributed by atoms with Crippen molar-refractivity contribution in [3.8, 4) is 0 Å². The topological polar surface area (TPSA) is 84.0 Å². The molecule has 4 rings (SSSR count). The van der Waals surface area contributed by atoms with Crippen LogP contribution in [0.1, 0.15) is 21.8 Å². The average Bonchev–Trinajstić information content (AvgIpc) is 3.32. The lowest BCUT2D eigenvalue weighted by Crippen LogP contribution is -2.18. The average molecular weight is 565 g/mol. The summed E-state index contributed by atoms with van der Waals surface area (Å²) >= 11 is 36.8. The van der Waals surface area contributed by atoms with E-state index in [1.54, 1.807) is 24.3 Å². The maximum Gasteiger partial charge on any atom is 0.258 e. The lowest BCUT2D eigenvalue weighted by molar-refractivity contribution is -0.117. The quantitative estimate of drug-likeness (QED) is 0.331. The van der Waals surface area contributed by atoms with Crippen molar-refractivity contribution >= 4 is 92.9 Å². The van der Waals surface area contributed by atoms with E-state index in [2.05, 4.69) is 20.8 Å². The SMILES string of the molecule is O=C(Nc1ccc(Cl)nn1)c1cc(NC(=O)[C@@H]2[C@@H](c3cc(Cl)cc(Cl)c3)C2(Cl)Cl)ccc1Cl. The van der Waals surface area contributed by atoms with Gasteiger partial charge in [-0.3, -0.25) is 9.59 Å². The number of hydrogen-bond acceptors (Lipinski definition) is 4. The van der Waals surface area contributed by atoms with Crippen LogP contribution in [-0.2, 0) is 4.79 Å². The highest BCUT2D eigenvalue weighted by molar-refractivity contribution is 6.53. The summed E-state index contributed by atoms with van der Waals surface area (Å²) in [6, 6.07) is 12.3. The predicted octanol–water partition coefficient (Wildman–Crippen LogP) is 6.87. The molecule has 12 heteroatoms. The fraction of sp³-hybridized carbons (Fsp3) is 0.143. The van der Waals surface area contributed by atoms with Gasteiger partial charge in [-0.15, -0.1) is 33.4 Å². The number of carbonyl (C=O) groups is 2. The highest BCUT2D eigenvalue weighted by Crippen LogP contribution is 2.65. The molecule has 2 atom stereocenters. The minimum Gasteiger partial charge on any atom is -0.326 e. The smallest absolute Gasteiger partial charge is 0.258 e. The molecule has 0 bridgehead atoms. The number of nitrogens with zero attached hydrogens (tertiary/aromatic N) is 2. The van der Waals surface area contributed by atoms with Crippen LogP contribution >= 0.6 is 69.6 Å². The van der Waals surface area contributed by atoms with Crippen LogP contribution in [0, 0.1) is 5.92 Å². The third-order valence-corrected chi connectivity index (χ3v) is 6.84. The number of alkyl halides is 2. The number of rotatable bonds is 5. The second-order valence-electron chi connectivity index (χ2n) is 7.21. The van der Waals surface area contributed by atoms with Crippen LogP contribution in [0.2, 0.25) is 20.2 Å². The molecular formula is C21H12Cl6N4O2.